The molecule has 1 aliphatic rings. The molecule has 1 aromatic rings. The summed E-state index contributed by atoms with van der Waals surface area (Å²) in [6.07, 6.45) is 7.51. The highest BCUT2D eigenvalue weighted by atomic mass is 32.2. The van der Waals surface area contributed by atoms with Gasteiger partial charge in [0.25, 0.3) is 0 Å². The number of rotatable bonds is 8. The third-order valence-electron chi connectivity index (χ3n) is 6.23. The quantitative estimate of drug-likeness (QED) is 0.479. The second-order valence-electron chi connectivity index (χ2n) is 8.98. The number of carbonyl (C=O) groups excluding carboxylic acids is 2. The Hall–Kier alpha value is -1.29. The normalized spacial score (nSPS) is 17.5. The first-order valence-electron chi connectivity index (χ1n) is 10.9. The Bertz CT molecular complexity index is 662. The summed E-state index contributed by atoms with van der Waals surface area (Å²) in [4.78, 5) is 26.6. The van der Waals surface area contributed by atoms with Crippen molar-refractivity contribution in [2.45, 2.75) is 84.5 Å². The van der Waals surface area contributed by atoms with E-state index in [1.54, 1.807) is 0 Å². The summed E-state index contributed by atoms with van der Waals surface area (Å²) in [5.41, 5.74) is 0.497. The zero-order valence-corrected chi connectivity index (χ0v) is 19.0. The Morgan fingerprint density at radius 2 is 1.71 bits per heavy atom. The molecule has 0 saturated heterocycles. The van der Waals surface area contributed by atoms with Crippen LogP contribution in [-0.2, 0) is 9.59 Å². The predicted molar refractivity (Wildman–Crippen MR) is 120 cm³/mol. The van der Waals surface area contributed by atoms with Gasteiger partial charge in [-0.05, 0) is 55.0 Å². The summed E-state index contributed by atoms with van der Waals surface area (Å²) in [5.74, 6) is 1.27. The van der Waals surface area contributed by atoms with Crippen LogP contribution in [0.4, 0.5) is 5.69 Å². The van der Waals surface area contributed by atoms with Gasteiger partial charge in [0.2, 0.25) is 5.91 Å². The van der Waals surface area contributed by atoms with Crippen LogP contribution in [0.1, 0.15) is 79.6 Å². The summed E-state index contributed by atoms with van der Waals surface area (Å²) in [5, 5.41) is 3.35. The summed E-state index contributed by atoms with van der Waals surface area (Å²) < 4.78 is 0. The number of anilines is 1. The number of hydrogen-bond acceptors (Lipinski definition) is 3. The van der Waals surface area contributed by atoms with Gasteiger partial charge in [-0.15, -0.1) is 0 Å². The number of para-hydroxylation sites is 1. The van der Waals surface area contributed by atoms with Crippen LogP contribution in [0, 0.1) is 23.2 Å². The van der Waals surface area contributed by atoms with Crippen molar-refractivity contribution in [3.63, 3.8) is 0 Å². The lowest BCUT2D eigenvalue weighted by Gasteiger charge is -2.39. The van der Waals surface area contributed by atoms with E-state index in [0.717, 1.165) is 49.1 Å². The van der Waals surface area contributed by atoms with E-state index in [9.17, 15) is 9.59 Å². The standard InChI is InChI=1S/C24H37NO2S/c1-6-19(17(2)3)16-24(14-10-7-11-15-24)23(27)25-20-12-8-9-13-21(20)28-22(26)18(4)5/h8-9,12-13,17-19H,6-7,10-11,14-16H2,1-5H3,(H,25,27). The molecule has 0 aliphatic heterocycles. The van der Waals surface area contributed by atoms with Crippen LogP contribution in [0.15, 0.2) is 29.2 Å². The van der Waals surface area contributed by atoms with E-state index in [0.29, 0.717) is 11.8 Å². The average Bonchev–Trinajstić information content (AvgIpc) is 2.67. The number of thioether (sulfide) groups is 1. The van der Waals surface area contributed by atoms with E-state index in [-0.39, 0.29) is 22.4 Å². The highest BCUT2D eigenvalue weighted by molar-refractivity contribution is 8.13. The van der Waals surface area contributed by atoms with Crippen LogP contribution in [-0.4, -0.2) is 11.0 Å². The van der Waals surface area contributed by atoms with Crippen molar-refractivity contribution in [1.29, 1.82) is 0 Å². The SMILES string of the molecule is CCC(CC1(C(=O)Nc2ccccc2SC(=O)C(C)C)CCCCC1)C(C)C. The van der Waals surface area contributed by atoms with Crippen molar-refractivity contribution in [3.8, 4) is 0 Å². The second kappa shape index (κ2) is 10.5. The number of amides is 1. The van der Waals surface area contributed by atoms with Gasteiger partial charge in [-0.25, -0.2) is 0 Å². The third kappa shape index (κ3) is 5.85. The van der Waals surface area contributed by atoms with Crippen LogP contribution in [0.3, 0.4) is 0 Å². The van der Waals surface area contributed by atoms with Crippen LogP contribution < -0.4 is 5.32 Å². The molecule has 156 valence electrons. The molecule has 1 N–H and O–H groups in total. The van der Waals surface area contributed by atoms with E-state index in [4.69, 9.17) is 0 Å². The van der Waals surface area contributed by atoms with Crippen molar-refractivity contribution in [1.82, 2.24) is 0 Å². The highest BCUT2D eigenvalue weighted by Crippen LogP contribution is 2.45. The average molecular weight is 404 g/mol. The summed E-state index contributed by atoms with van der Waals surface area (Å²) in [7, 11) is 0. The Morgan fingerprint density at radius 1 is 1.07 bits per heavy atom. The maximum atomic E-state index is 13.5. The highest BCUT2D eigenvalue weighted by Gasteiger charge is 2.41. The topological polar surface area (TPSA) is 46.2 Å². The fraction of sp³-hybridized carbons (Fsp3) is 0.667. The molecule has 1 amide bonds. The molecule has 1 fully saturated rings. The third-order valence-corrected chi connectivity index (χ3v) is 7.48. The molecule has 28 heavy (non-hydrogen) atoms. The van der Waals surface area contributed by atoms with Crippen molar-refractivity contribution >= 4 is 28.5 Å². The van der Waals surface area contributed by atoms with Crippen molar-refractivity contribution < 1.29 is 9.59 Å². The minimum absolute atomic E-state index is 0.0326. The molecule has 3 nitrogen and oxygen atoms in total. The molecular formula is C24H37NO2S. The van der Waals surface area contributed by atoms with Gasteiger partial charge in [-0.1, -0.05) is 72.4 Å². The van der Waals surface area contributed by atoms with Gasteiger partial charge >= 0.3 is 0 Å². The Balaban J connectivity index is 2.23. The first kappa shape index (κ1) is 23.0. The van der Waals surface area contributed by atoms with Gasteiger partial charge in [0, 0.05) is 16.2 Å². The van der Waals surface area contributed by atoms with Crippen LogP contribution in [0.2, 0.25) is 0 Å². The maximum Gasteiger partial charge on any atom is 0.230 e. The van der Waals surface area contributed by atoms with Gasteiger partial charge in [0.15, 0.2) is 5.12 Å². The minimum Gasteiger partial charge on any atom is -0.325 e. The van der Waals surface area contributed by atoms with Crippen LogP contribution in [0.5, 0.6) is 0 Å². The fourth-order valence-electron chi connectivity index (χ4n) is 4.25. The lowest BCUT2D eigenvalue weighted by molar-refractivity contribution is -0.129. The van der Waals surface area contributed by atoms with E-state index in [1.807, 2.05) is 38.1 Å². The van der Waals surface area contributed by atoms with E-state index < -0.39 is 0 Å². The molecule has 1 unspecified atom stereocenters. The molecule has 0 spiro atoms. The van der Waals surface area contributed by atoms with E-state index in [2.05, 4.69) is 26.1 Å². The number of carbonyl (C=O) groups is 2. The second-order valence-corrected chi connectivity index (χ2v) is 10.0. The van der Waals surface area contributed by atoms with Crippen molar-refractivity contribution in [2.75, 3.05) is 5.32 Å². The summed E-state index contributed by atoms with van der Waals surface area (Å²) >= 11 is 1.24. The smallest absolute Gasteiger partial charge is 0.230 e. The number of benzene rings is 1. The monoisotopic (exact) mass is 403 g/mol. The zero-order valence-electron chi connectivity index (χ0n) is 18.2. The molecule has 1 aromatic carbocycles. The zero-order chi connectivity index (χ0) is 20.7. The molecule has 0 bridgehead atoms. The molecule has 0 radical (unpaired) electrons. The summed E-state index contributed by atoms with van der Waals surface area (Å²) in [6.45, 7) is 10.6. The van der Waals surface area contributed by atoms with Gasteiger partial charge in [0.05, 0.1) is 5.69 Å². The Labute approximate surface area is 175 Å². The fourth-order valence-corrected chi connectivity index (χ4v) is 5.07. The molecular weight excluding hydrogens is 366 g/mol. The molecule has 0 aromatic heterocycles. The molecule has 2 rings (SSSR count). The van der Waals surface area contributed by atoms with Crippen molar-refractivity contribution in [3.05, 3.63) is 24.3 Å². The Morgan fingerprint density at radius 3 is 2.29 bits per heavy atom. The van der Waals surface area contributed by atoms with Crippen molar-refractivity contribution in [2.24, 2.45) is 23.2 Å². The first-order chi connectivity index (χ1) is 13.3. The Kier molecular flexibility index (Phi) is 8.60. The molecule has 0 heterocycles. The van der Waals surface area contributed by atoms with Crippen LogP contribution in [0.25, 0.3) is 0 Å². The van der Waals surface area contributed by atoms with Gasteiger partial charge < -0.3 is 5.32 Å². The van der Waals surface area contributed by atoms with Gasteiger partial charge in [-0.2, -0.15) is 0 Å². The lowest BCUT2D eigenvalue weighted by atomic mass is 9.66. The van der Waals surface area contributed by atoms with E-state index >= 15 is 0 Å². The maximum absolute atomic E-state index is 13.5. The lowest BCUT2D eigenvalue weighted by Crippen LogP contribution is -2.40. The molecule has 1 atom stereocenters. The van der Waals surface area contributed by atoms with Gasteiger partial charge in [-0.3, -0.25) is 9.59 Å². The number of nitrogens with one attached hydrogen (secondary N) is 1. The van der Waals surface area contributed by atoms with E-state index in [1.165, 1.54) is 18.2 Å². The molecule has 1 aliphatic carbocycles. The molecule has 1 saturated carbocycles. The minimum atomic E-state index is -0.275. The summed E-state index contributed by atoms with van der Waals surface area (Å²) in [6, 6.07) is 7.70. The molecule has 4 heteroatoms. The predicted octanol–water partition coefficient (Wildman–Crippen LogP) is 6.92. The largest absolute Gasteiger partial charge is 0.325 e. The number of hydrogen-bond donors (Lipinski definition) is 1. The first-order valence-corrected chi connectivity index (χ1v) is 11.7. The van der Waals surface area contributed by atoms with Crippen LogP contribution >= 0.6 is 11.8 Å². The van der Waals surface area contributed by atoms with Gasteiger partial charge in [0.1, 0.15) is 0 Å².